The topological polar surface area (TPSA) is 78.9 Å². The number of nitrogens with zero attached hydrogens (tertiary/aromatic N) is 1. The van der Waals surface area contributed by atoms with Crippen LogP contribution in [0.1, 0.15) is 59.2 Å². The van der Waals surface area contributed by atoms with E-state index in [1.165, 1.54) is 38.2 Å². The molecule has 6 heteroatoms. The van der Waals surface area contributed by atoms with Gasteiger partial charge in [-0.3, -0.25) is 14.8 Å². The van der Waals surface area contributed by atoms with Gasteiger partial charge in [-0.1, -0.05) is 19.3 Å². The Kier molecular flexibility index (Phi) is 5.35. The van der Waals surface area contributed by atoms with Gasteiger partial charge in [-0.25, -0.2) is 5.48 Å². The van der Waals surface area contributed by atoms with Gasteiger partial charge in [-0.15, -0.1) is 0 Å². The van der Waals surface area contributed by atoms with Gasteiger partial charge < -0.3 is 9.64 Å². The Morgan fingerprint density at radius 3 is 2.79 bits per heavy atom. The van der Waals surface area contributed by atoms with Crippen LogP contribution >= 0.6 is 0 Å². The highest BCUT2D eigenvalue weighted by Crippen LogP contribution is 2.28. The summed E-state index contributed by atoms with van der Waals surface area (Å²) in [6.45, 7) is 1.99. The largest absolute Gasteiger partial charge is 0.493 e. The predicted octanol–water partition coefficient (Wildman–Crippen LogP) is 2.61. The molecule has 1 heterocycles. The molecule has 1 fully saturated rings. The van der Waals surface area contributed by atoms with Crippen LogP contribution in [0.5, 0.6) is 5.75 Å². The van der Waals surface area contributed by atoms with Crippen molar-refractivity contribution in [2.24, 2.45) is 5.92 Å². The fraction of sp³-hybridized carbons (Fsp3) is 0.556. The molecular formula is C18H24N2O4. The average molecular weight is 332 g/mol. The molecule has 0 saturated heterocycles. The van der Waals surface area contributed by atoms with Crippen molar-refractivity contribution < 1.29 is 19.5 Å². The Morgan fingerprint density at radius 1 is 1.25 bits per heavy atom. The van der Waals surface area contributed by atoms with Gasteiger partial charge in [0.1, 0.15) is 5.75 Å². The molecular weight excluding hydrogens is 308 g/mol. The van der Waals surface area contributed by atoms with Gasteiger partial charge in [0.25, 0.3) is 11.8 Å². The maximum Gasteiger partial charge on any atom is 0.274 e. The van der Waals surface area contributed by atoms with E-state index >= 15 is 0 Å². The van der Waals surface area contributed by atoms with E-state index in [4.69, 9.17) is 9.94 Å². The highest BCUT2D eigenvalue weighted by atomic mass is 16.5. The molecule has 2 amide bonds. The van der Waals surface area contributed by atoms with E-state index in [2.05, 4.69) is 0 Å². The first-order valence-corrected chi connectivity index (χ1v) is 8.69. The summed E-state index contributed by atoms with van der Waals surface area (Å²) in [6.07, 6.45) is 6.94. The standard InChI is InChI=1S/C18H24N2O4/c21-17(19-23)14-7-8-16-15(11-14)18(22)20(9-4-10-24-16)12-13-5-2-1-3-6-13/h7-8,11,13,23H,1-6,9-10,12H2,(H,19,21). The van der Waals surface area contributed by atoms with Crippen LogP contribution in [0.2, 0.25) is 0 Å². The van der Waals surface area contributed by atoms with Crippen LogP contribution in [0.15, 0.2) is 18.2 Å². The average Bonchev–Trinajstić information content (AvgIpc) is 2.62. The van der Waals surface area contributed by atoms with Crippen molar-refractivity contribution in [3.63, 3.8) is 0 Å². The van der Waals surface area contributed by atoms with Crippen LogP contribution in [-0.2, 0) is 0 Å². The highest BCUT2D eigenvalue weighted by Gasteiger charge is 2.26. The molecule has 1 aliphatic carbocycles. The molecule has 3 rings (SSSR count). The van der Waals surface area contributed by atoms with E-state index in [1.807, 2.05) is 4.90 Å². The summed E-state index contributed by atoms with van der Waals surface area (Å²) in [5.41, 5.74) is 2.24. The molecule has 0 unspecified atom stereocenters. The first-order valence-electron chi connectivity index (χ1n) is 8.69. The van der Waals surface area contributed by atoms with Gasteiger partial charge in [0.05, 0.1) is 12.2 Å². The summed E-state index contributed by atoms with van der Waals surface area (Å²) in [5.74, 6) is 0.340. The zero-order valence-electron chi connectivity index (χ0n) is 13.8. The number of rotatable bonds is 3. The number of hydroxylamine groups is 1. The normalized spacial score (nSPS) is 19.0. The quantitative estimate of drug-likeness (QED) is 0.659. The van der Waals surface area contributed by atoms with Gasteiger partial charge >= 0.3 is 0 Å². The number of hydrogen-bond donors (Lipinski definition) is 2. The minimum Gasteiger partial charge on any atom is -0.493 e. The third-order valence-electron chi connectivity index (χ3n) is 4.89. The minimum atomic E-state index is -0.633. The van der Waals surface area contributed by atoms with Crippen molar-refractivity contribution >= 4 is 11.8 Å². The Labute approximate surface area is 141 Å². The molecule has 0 radical (unpaired) electrons. The number of amides is 2. The van der Waals surface area contributed by atoms with Crippen LogP contribution in [0.4, 0.5) is 0 Å². The molecule has 6 nitrogen and oxygen atoms in total. The van der Waals surface area contributed by atoms with Crippen molar-refractivity contribution in [3.8, 4) is 5.75 Å². The highest BCUT2D eigenvalue weighted by molar-refractivity contribution is 6.01. The molecule has 2 N–H and O–H groups in total. The summed E-state index contributed by atoms with van der Waals surface area (Å²) in [4.78, 5) is 26.5. The van der Waals surface area contributed by atoms with E-state index < -0.39 is 5.91 Å². The van der Waals surface area contributed by atoms with Gasteiger partial charge in [0, 0.05) is 18.7 Å². The van der Waals surface area contributed by atoms with Crippen LogP contribution in [0, 0.1) is 5.92 Å². The fourth-order valence-electron chi connectivity index (χ4n) is 3.59. The number of carbonyl (C=O) groups excluding carboxylic acids is 2. The number of nitrogens with one attached hydrogen (secondary N) is 1. The van der Waals surface area contributed by atoms with Crippen molar-refractivity contribution in [3.05, 3.63) is 29.3 Å². The molecule has 130 valence electrons. The third-order valence-corrected chi connectivity index (χ3v) is 4.89. The molecule has 24 heavy (non-hydrogen) atoms. The number of hydrogen-bond acceptors (Lipinski definition) is 4. The molecule has 1 aliphatic heterocycles. The van der Waals surface area contributed by atoms with Gasteiger partial charge in [0.2, 0.25) is 0 Å². The maximum absolute atomic E-state index is 13.0. The fourth-order valence-corrected chi connectivity index (χ4v) is 3.59. The van der Waals surface area contributed by atoms with Crippen molar-refractivity contribution in [1.82, 2.24) is 10.4 Å². The second-order valence-corrected chi connectivity index (χ2v) is 6.61. The van der Waals surface area contributed by atoms with Crippen LogP contribution in [-0.4, -0.2) is 41.6 Å². The Bertz CT molecular complexity index is 611. The SMILES string of the molecule is O=C(NO)c1ccc2c(c1)C(=O)N(CC1CCCCC1)CCCO2. The van der Waals surface area contributed by atoms with Crippen LogP contribution in [0.25, 0.3) is 0 Å². The lowest BCUT2D eigenvalue weighted by Gasteiger charge is -2.31. The summed E-state index contributed by atoms with van der Waals surface area (Å²) < 4.78 is 5.66. The number of fused-ring (bicyclic) bond motifs is 1. The molecule has 2 aliphatic rings. The first-order chi connectivity index (χ1) is 11.7. The van der Waals surface area contributed by atoms with Gasteiger partial charge in [-0.2, -0.15) is 0 Å². The lowest BCUT2D eigenvalue weighted by Crippen LogP contribution is -2.38. The smallest absolute Gasteiger partial charge is 0.274 e. The zero-order chi connectivity index (χ0) is 16.9. The van der Waals surface area contributed by atoms with Crippen molar-refractivity contribution in [2.45, 2.75) is 38.5 Å². The number of carbonyl (C=O) groups is 2. The Morgan fingerprint density at radius 2 is 2.04 bits per heavy atom. The molecule has 1 aromatic rings. The van der Waals surface area contributed by atoms with Crippen LogP contribution in [0.3, 0.4) is 0 Å². The van der Waals surface area contributed by atoms with Gasteiger partial charge in [-0.05, 0) is 43.4 Å². The van der Waals surface area contributed by atoms with Crippen molar-refractivity contribution in [2.75, 3.05) is 19.7 Å². The molecule has 1 aromatic carbocycles. The monoisotopic (exact) mass is 332 g/mol. The van der Waals surface area contributed by atoms with Gasteiger partial charge in [0.15, 0.2) is 0 Å². The molecule has 0 aromatic heterocycles. The Hall–Kier alpha value is -2.08. The summed E-state index contributed by atoms with van der Waals surface area (Å²) >= 11 is 0. The third kappa shape index (κ3) is 3.70. The van der Waals surface area contributed by atoms with E-state index in [9.17, 15) is 9.59 Å². The van der Waals surface area contributed by atoms with Crippen molar-refractivity contribution in [1.29, 1.82) is 0 Å². The maximum atomic E-state index is 13.0. The predicted molar refractivity (Wildman–Crippen MR) is 88.3 cm³/mol. The lowest BCUT2D eigenvalue weighted by molar-refractivity contribution is 0.0681. The Balaban J connectivity index is 1.83. The molecule has 0 spiro atoms. The second kappa shape index (κ2) is 7.66. The molecule has 1 saturated carbocycles. The number of ether oxygens (including phenoxy) is 1. The summed E-state index contributed by atoms with van der Waals surface area (Å²) in [6, 6.07) is 4.68. The van der Waals surface area contributed by atoms with E-state index in [-0.39, 0.29) is 11.5 Å². The molecule has 0 atom stereocenters. The lowest BCUT2D eigenvalue weighted by atomic mass is 9.88. The number of benzene rings is 1. The first kappa shape index (κ1) is 16.8. The zero-order valence-corrected chi connectivity index (χ0v) is 13.8. The van der Waals surface area contributed by atoms with Crippen LogP contribution < -0.4 is 10.2 Å². The second-order valence-electron chi connectivity index (χ2n) is 6.61. The van der Waals surface area contributed by atoms with E-state index in [0.717, 1.165) is 13.0 Å². The van der Waals surface area contributed by atoms with E-state index in [1.54, 1.807) is 17.6 Å². The summed E-state index contributed by atoms with van der Waals surface area (Å²) in [5, 5.41) is 8.80. The summed E-state index contributed by atoms with van der Waals surface area (Å²) in [7, 11) is 0. The minimum absolute atomic E-state index is 0.0946. The van der Waals surface area contributed by atoms with E-state index in [0.29, 0.717) is 30.4 Å². The molecule has 0 bridgehead atoms.